The molecule has 0 amide bonds. The van der Waals surface area contributed by atoms with E-state index >= 15 is 0 Å². The molecule has 0 radical (unpaired) electrons. The number of hydrogen-bond acceptors (Lipinski definition) is 6. The number of nitriles is 1. The fourth-order valence-corrected chi connectivity index (χ4v) is 5.99. The van der Waals surface area contributed by atoms with Crippen LogP contribution in [0.4, 0.5) is 0 Å². The van der Waals surface area contributed by atoms with Crippen LogP contribution in [0.5, 0.6) is 0 Å². The van der Waals surface area contributed by atoms with Gasteiger partial charge in [-0.3, -0.25) is 4.79 Å². The molecule has 1 saturated heterocycles. The van der Waals surface area contributed by atoms with E-state index in [-0.39, 0.29) is 15.9 Å². The minimum Gasteiger partial charge on any atom is -0.379 e. The van der Waals surface area contributed by atoms with E-state index in [2.05, 4.69) is 11.5 Å². The molecular formula is C25H25N5O4S. The van der Waals surface area contributed by atoms with Gasteiger partial charge in [-0.25, -0.2) is 13.4 Å². The molecule has 0 N–H and O–H groups in total. The first kappa shape index (κ1) is 23.2. The van der Waals surface area contributed by atoms with Gasteiger partial charge in [0.25, 0.3) is 0 Å². The molecule has 10 heteroatoms. The summed E-state index contributed by atoms with van der Waals surface area (Å²) in [5, 5.41) is 9.96. The van der Waals surface area contributed by atoms with Crippen LogP contribution in [-0.4, -0.2) is 53.1 Å². The Hall–Kier alpha value is -3.52. The van der Waals surface area contributed by atoms with Crippen LogP contribution >= 0.6 is 0 Å². The molecule has 0 atom stereocenters. The summed E-state index contributed by atoms with van der Waals surface area (Å²) in [5.74, 6) is 0.723. The second-order valence-corrected chi connectivity index (χ2v) is 10.4. The lowest BCUT2D eigenvalue weighted by Gasteiger charge is -2.26. The molecule has 2 aromatic heterocycles. The first-order chi connectivity index (χ1) is 16.9. The van der Waals surface area contributed by atoms with Gasteiger partial charge in [-0.15, -0.1) is 0 Å². The molecule has 4 aromatic rings. The van der Waals surface area contributed by atoms with Crippen molar-refractivity contribution < 1.29 is 13.2 Å². The predicted octanol–water partition coefficient (Wildman–Crippen LogP) is 2.70. The number of fused-ring (bicyclic) bond motifs is 2. The first-order valence-corrected chi connectivity index (χ1v) is 13.0. The number of nitrogens with zero attached hydrogens (tertiary/aromatic N) is 5. The number of sulfonamides is 1. The number of aromatic nitrogens is 3. The van der Waals surface area contributed by atoms with Crippen molar-refractivity contribution in [1.29, 1.82) is 5.26 Å². The Kier molecular flexibility index (Phi) is 6.15. The topological polar surface area (TPSA) is 110 Å². The van der Waals surface area contributed by atoms with Crippen molar-refractivity contribution in [3.8, 4) is 6.07 Å². The molecule has 2 aromatic carbocycles. The number of para-hydroxylation sites is 1. The maximum atomic E-state index is 13.2. The molecule has 5 rings (SSSR count). The van der Waals surface area contributed by atoms with Crippen molar-refractivity contribution in [2.75, 3.05) is 26.3 Å². The molecular weight excluding hydrogens is 466 g/mol. The van der Waals surface area contributed by atoms with Crippen molar-refractivity contribution in [3.05, 3.63) is 70.3 Å². The molecule has 180 valence electrons. The van der Waals surface area contributed by atoms with Gasteiger partial charge in [0.2, 0.25) is 15.5 Å². The summed E-state index contributed by atoms with van der Waals surface area (Å²) >= 11 is 0. The van der Waals surface area contributed by atoms with E-state index in [0.717, 1.165) is 17.8 Å². The van der Waals surface area contributed by atoms with E-state index < -0.39 is 10.0 Å². The maximum absolute atomic E-state index is 13.2. The van der Waals surface area contributed by atoms with Crippen LogP contribution < -0.4 is 5.43 Å². The highest BCUT2D eigenvalue weighted by Gasteiger charge is 2.27. The number of morpholine rings is 1. The molecule has 0 spiro atoms. The summed E-state index contributed by atoms with van der Waals surface area (Å²) in [6.45, 7) is 4.52. The average Bonchev–Trinajstić information content (AvgIpc) is 3.22. The molecule has 0 aliphatic carbocycles. The Morgan fingerprint density at radius 2 is 1.89 bits per heavy atom. The number of pyridine rings is 1. The van der Waals surface area contributed by atoms with Gasteiger partial charge < -0.3 is 13.9 Å². The van der Waals surface area contributed by atoms with Crippen molar-refractivity contribution >= 4 is 32.0 Å². The zero-order valence-electron chi connectivity index (χ0n) is 19.3. The second kappa shape index (κ2) is 9.26. The molecule has 0 bridgehead atoms. The van der Waals surface area contributed by atoms with E-state index in [1.807, 2.05) is 22.8 Å². The third-order valence-corrected chi connectivity index (χ3v) is 8.17. The van der Waals surface area contributed by atoms with Crippen LogP contribution in [0.1, 0.15) is 24.7 Å². The highest BCUT2D eigenvalue weighted by atomic mass is 32.2. The molecule has 1 fully saturated rings. The van der Waals surface area contributed by atoms with Crippen LogP contribution in [0, 0.1) is 11.3 Å². The van der Waals surface area contributed by atoms with E-state index in [4.69, 9.17) is 9.72 Å². The Morgan fingerprint density at radius 3 is 2.63 bits per heavy atom. The summed E-state index contributed by atoms with van der Waals surface area (Å²) in [6, 6.07) is 14.2. The number of benzene rings is 2. The van der Waals surface area contributed by atoms with E-state index in [1.54, 1.807) is 36.5 Å². The lowest BCUT2D eigenvalue weighted by molar-refractivity contribution is 0.0730. The van der Waals surface area contributed by atoms with Gasteiger partial charge in [0.1, 0.15) is 17.5 Å². The zero-order chi connectivity index (χ0) is 24.6. The highest BCUT2D eigenvalue weighted by Crippen LogP contribution is 2.25. The average molecular weight is 492 g/mol. The second-order valence-electron chi connectivity index (χ2n) is 8.48. The third kappa shape index (κ3) is 4.12. The van der Waals surface area contributed by atoms with Crippen molar-refractivity contribution in [3.63, 3.8) is 0 Å². The number of hydrogen-bond donors (Lipinski definition) is 0. The number of rotatable bonds is 6. The van der Waals surface area contributed by atoms with E-state index in [9.17, 15) is 18.5 Å². The predicted molar refractivity (Wildman–Crippen MR) is 132 cm³/mol. The van der Waals surface area contributed by atoms with Crippen molar-refractivity contribution in [2.45, 2.75) is 31.3 Å². The normalized spacial score (nSPS) is 15.0. The van der Waals surface area contributed by atoms with Gasteiger partial charge >= 0.3 is 0 Å². The van der Waals surface area contributed by atoms with E-state index in [1.165, 1.54) is 4.31 Å². The largest absolute Gasteiger partial charge is 0.379 e. The SMILES string of the molecule is CCCn1c(Cn2cc(C#N)c(=O)c3ccccc32)nc2cc(S(=O)(=O)N3CCOCC3)ccc21. The number of imidazole rings is 1. The summed E-state index contributed by atoms with van der Waals surface area (Å²) in [4.78, 5) is 17.6. The zero-order valence-corrected chi connectivity index (χ0v) is 20.2. The van der Waals surface area contributed by atoms with Gasteiger partial charge in [-0.1, -0.05) is 19.1 Å². The van der Waals surface area contributed by atoms with Crippen molar-refractivity contribution in [2.24, 2.45) is 0 Å². The molecule has 0 saturated carbocycles. The van der Waals surface area contributed by atoms with Gasteiger partial charge in [-0.2, -0.15) is 9.57 Å². The van der Waals surface area contributed by atoms with Crippen LogP contribution in [0.2, 0.25) is 0 Å². The van der Waals surface area contributed by atoms with Gasteiger partial charge in [0, 0.05) is 31.2 Å². The van der Waals surface area contributed by atoms with Crippen LogP contribution in [0.25, 0.3) is 21.9 Å². The Labute approximate surface area is 202 Å². The summed E-state index contributed by atoms with van der Waals surface area (Å²) in [7, 11) is -3.64. The maximum Gasteiger partial charge on any atom is 0.243 e. The third-order valence-electron chi connectivity index (χ3n) is 6.27. The van der Waals surface area contributed by atoms with E-state index in [0.29, 0.717) is 55.8 Å². The van der Waals surface area contributed by atoms with Crippen LogP contribution in [0.3, 0.4) is 0 Å². The first-order valence-electron chi connectivity index (χ1n) is 11.5. The molecule has 0 unspecified atom stereocenters. The molecule has 1 aliphatic rings. The summed E-state index contributed by atoms with van der Waals surface area (Å²) in [5.41, 5.74) is 1.92. The Morgan fingerprint density at radius 1 is 1.11 bits per heavy atom. The smallest absolute Gasteiger partial charge is 0.243 e. The minimum absolute atomic E-state index is 0.0701. The lowest BCUT2D eigenvalue weighted by Crippen LogP contribution is -2.40. The molecule has 35 heavy (non-hydrogen) atoms. The summed E-state index contributed by atoms with van der Waals surface area (Å²) in [6.07, 6.45) is 2.43. The molecule has 3 heterocycles. The van der Waals surface area contributed by atoms with Crippen LogP contribution in [-0.2, 0) is 27.8 Å². The van der Waals surface area contributed by atoms with Gasteiger partial charge in [0.15, 0.2) is 0 Å². The van der Waals surface area contributed by atoms with Crippen LogP contribution in [0.15, 0.2) is 58.4 Å². The summed E-state index contributed by atoms with van der Waals surface area (Å²) < 4.78 is 37.0. The molecule has 9 nitrogen and oxygen atoms in total. The van der Waals surface area contributed by atoms with Crippen molar-refractivity contribution in [1.82, 2.24) is 18.4 Å². The lowest BCUT2D eigenvalue weighted by atomic mass is 10.1. The minimum atomic E-state index is -3.64. The van der Waals surface area contributed by atoms with Gasteiger partial charge in [0.05, 0.1) is 41.2 Å². The quantitative estimate of drug-likeness (QED) is 0.410. The fourth-order valence-electron chi connectivity index (χ4n) is 4.56. The molecule has 1 aliphatic heterocycles. The Bertz CT molecular complexity index is 1630. The Balaban J connectivity index is 1.61. The standard InChI is InChI=1S/C25H25N5O4S/c1-2-9-30-23-8-7-19(35(32,33)29-10-12-34-13-11-29)14-21(23)27-24(30)17-28-16-18(15-26)25(31)20-5-3-4-6-22(20)28/h3-8,14,16H,2,9-13,17H2,1H3. The highest BCUT2D eigenvalue weighted by molar-refractivity contribution is 7.89. The fraction of sp³-hybridized carbons (Fsp3) is 0.320. The van der Waals surface area contributed by atoms with Gasteiger partial charge in [-0.05, 0) is 36.8 Å². The number of aryl methyl sites for hydroxylation is 1. The monoisotopic (exact) mass is 491 g/mol. The number of ether oxygens (including phenoxy) is 1.